The van der Waals surface area contributed by atoms with Gasteiger partial charge in [0.15, 0.2) is 0 Å². The molecule has 0 fully saturated rings. The first-order valence-electron chi connectivity index (χ1n) is 4.84. The van der Waals surface area contributed by atoms with Crippen LogP contribution in [0.2, 0.25) is 0 Å². The zero-order valence-electron chi connectivity index (χ0n) is 11.2. The molecule has 0 saturated heterocycles. The Hall–Kier alpha value is -1.73. The Kier molecular flexibility index (Phi) is 53.6. The van der Waals surface area contributed by atoms with E-state index < -0.39 is 18.0 Å². The van der Waals surface area contributed by atoms with Gasteiger partial charge in [0, 0.05) is 43.2 Å². The standard InChI is InChI=1S/C8H14FNO4.4F2/c1-3-13-5-8(12)14-6(2)4-7(11)10-9;4*1-2/h6H,3-5H2,1-2H3,(H,10,11);;;;. The van der Waals surface area contributed by atoms with Crippen molar-refractivity contribution in [3.05, 3.63) is 0 Å². The van der Waals surface area contributed by atoms with Gasteiger partial charge < -0.3 is 9.47 Å². The van der Waals surface area contributed by atoms with E-state index >= 15 is 0 Å². The van der Waals surface area contributed by atoms with Crippen LogP contribution in [0.15, 0.2) is 0 Å². The molecule has 0 rings (SSSR count). The minimum absolute atomic E-state index is 0.155. The summed E-state index contributed by atoms with van der Waals surface area (Å²) < 4.78 is 85.0. The van der Waals surface area contributed by atoms with Crippen molar-refractivity contribution >= 4 is 11.9 Å². The summed E-state index contributed by atoms with van der Waals surface area (Å²) in [6.07, 6.45) is -0.854. The number of carbonyl (C=O) groups excluding carboxylic acids is 2. The quantitative estimate of drug-likeness (QED) is 0.446. The lowest BCUT2D eigenvalue weighted by Crippen LogP contribution is -2.25. The Morgan fingerprint density at radius 3 is 1.73 bits per heavy atom. The lowest BCUT2D eigenvalue weighted by molar-refractivity contribution is -0.154. The van der Waals surface area contributed by atoms with Crippen molar-refractivity contribution in [1.29, 1.82) is 0 Å². The molecule has 138 valence electrons. The fourth-order valence-corrected chi connectivity index (χ4v) is 0.785. The van der Waals surface area contributed by atoms with Gasteiger partial charge in [-0.3, -0.25) is 4.79 Å². The van der Waals surface area contributed by atoms with Crippen molar-refractivity contribution in [2.24, 2.45) is 0 Å². The molecule has 0 aromatic heterocycles. The molecule has 0 aliphatic heterocycles. The molecular weight excluding hydrogens is 345 g/mol. The number of halogens is 9. The predicted octanol–water partition coefficient (Wildman–Crippen LogP) is 3.71. The molecule has 1 amide bonds. The zero-order valence-corrected chi connectivity index (χ0v) is 11.2. The highest BCUT2D eigenvalue weighted by molar-refractivity contribution is 5.76. The Morgan fingerprint density at radius 1 is 1.00 bits per heavy atom. The molecule has 0 aliphatic carbocycles. The van der Waals surface area contributed by atoms with Crippen LogP contribution in [-0.2, 0) is 19.1 Å². The highest BCUT2D eigenvalue weighted by Gasteiger charge is 2.13. The van der Waals surface area contributed by atoms with Crippen molar-refractivity contribution < 1.29 is 60.1 Å². The Labute approximate surface area is 118 Å². The fraction of sp³-hybridized carbons (Fsp3) is 0.750. The van der Waals surface area contributed by atoms with E-state index in [4.69, 9.17) is 46.1 Å². The van der Waals surface area contributed by atoms with Gasteiger partial charge in [-0.25, -0.2) is 4.79 Å². The second-order valence-electron chi connectivity index (χ2n) is 2.66. The van der Waals surface area contributed by atoms with E-state index in [9.17, 15) is 14.1 Å². The van der Waals surface area contributed by atoms with Crippen LogP contribution in [0.25, 0.3) is 0 Å². The molecule has 1 N–H and O–H groups in total. The summed E-state index contributed by atoms with van der Waals surface area (Å²) in [6, 6.07) is 0. The number of carbonyl (C=O) groups is 2. The molecule has 1 unspecified atom stereocenters. The molecule has 0 aromatic rings. The second kappa shape index (κ2) is 36.5. The molecule has 0 bridgehead atoms. The maximum absolute atomic E-state index is 11.5. The lowest BCUT2D eigenvalue weighted by Gasteiger charge is -2.11. The molecule has 1 atom stereocenters. The van der Waals surface area contributed by atoms with Crippen LogP contribution in [0, 0.1) is 0 Å². The third-order valence-corrected chi connectivity index (χ3v) is 1.33. The second-order valence-corrected chi connectivity index (χ2v) is 2.66. The van der Waals surface area contributed by atoms with Crippen LogP contribution in [-0.4, -0.2) is 31.2 Å². The van der Waals surface area contributed by atoms with E-state index in [-0.39, 0.29) is 13.0 Å². The average molecular weight is 359 g/mol. The van der Waals surface area contributed by atoms with Gasteiger partial charge in [0.05, 0.1) is 6.42 Å². The first-order valence-corrected chi connectivity index (χ1v) is 4.84. The molecule has 0 spiro atoms. The maximum Gasteiger partial charge on any atom is 0.332 e. The van der Waals surface area contributed by atoms with Gasteiger partial charge in [-0.2, -0.15) is 5.54 Å². The minimum atomic E-state index is -0.818. The average Bonchev–Trinajstić information content (AvgIpc) is 2.59. The van der Waals surface area contributed by atoms with Crippen molar-refractivity contribution in [3.8, 4) is 0 Å². The highest BCUT2D eigenvalue weighted by Crippen LogP contribution is 1.98. The molecule has 5 nitrogen and oxygen atoms in total. The number of amides is 1. The van der Waals surface area contributed by atoms with E-state index in [0.29, 0.717) is 6.61 Å². The van der Waals surface area contributed by atoms with E-state index in [1.807, 2.05) is 0 Å². The van der Waals surface area contributed by atoms with E-state index in [2.05, 4.69) is 0 Å². The van der Waals surface area contributed by atoms with Crippen molar-refractivity contribution in [2.75, 3.05) is 13.2 Å². The summed E-state index contributed by atoms with van der Waals surface area (Å²) in [5.41, 5.74) is 0.951. The zero-order chi connectivity index (χ0) is 19.0. The van der Waals surface area contributed by atoms with Crippen molar-refractivity contribution in [1.82, 2.24) is 5.54 Å². The summed E-state index contributed by atoms with van der Waals surface area (Å²) in [5, 5.41) is 0. The number of ether oxygens (including phenoxy) is 2. The van der Waals surface area contributed by atoms with Crippen LogP contribution < -0.4 is 5.54 Å². The van der Waals surface area contributed by atoms with E-state index in [1.165, 1.54) is 6.92 Å². The SMILES string of the molecule is CCOCC(=O)OC(C)CC(=O)NF.FF.FF.FF.FF. The van der Waals surface area contributed by atoms with Gasteiger partial charge in [0.2, 0.25) is 0 Å². The Bertz CT molecular complexity index is 214. The largest absolute Gasteiger partial charge is 0.460 e. The molecule has 0 radical (unpaired) electrons. The first kappa shape index (κ1) is 32.3. The number of hydrogen-bond acceptors (Lipinski definition) is 4. The van der Waals surface area contributed by atoms with Gasteiger partial charge in [-0.05, 0) is 13.8 Å². The van der Waals surface area contributed by atoms with Crippen molar-refractivity contribution in [2.45, 2.75) is 26.4 Å². The van der Waals surface area contributed by atoms with Crippen LogP contribution in [0.1, 0.15) is 20.3 Å². The summed E-state index contributed by atoms with van der Waals surface area (Å²) in [6.45, 7) is 3.50. The Morgan fingerprint density at radius 2 is 1.41 bits per heavy atom. The molecule has 0 heterocycles. The summed E-state index contributed by atoms with van der Waals surface area (Å²) in [4.78, 5) is 21.4. The van der Waals surface area contributed by atoms with Gasteiger partial charge in [0.1, 0.15) is 12.7 Å². The molecule has 14 heteroatoms. The maximum atomic E-state index is 11.5. The van der Waals surface area contributed by atoms with Gasteiger partial charge in [0.25, 0.3) is 5.91 Å². The Balaban J connectivity index is -0.000000103. The number of hydrogen-bond donors (Lipinski definition) is 1. The van der Waals surface area contributed by atoms with Crippen LogP contribution in [0.3, 0.4) is 0 Å². The summed E-state index contributed by atoms with van der Waals surface area (Å²) in [5.74, 6) is -1.38. The minimum Gasteiger partial charge on any atom is -0.460 e. The topological polar surface area (TPSA) is 64.6 Å². The highest BCUT2D eigenvalue weighted by atomic mass is 20.0. The summed E-state index contributed by atoms with van der Waals surface area (Å²) in [7, 11) is 0. The normalized spacial score (nSPS) is 8.68. The third-order valence-electron chi connectivity index (χ3n) is 1.33. The van der Waals surface area contributed by atoms with Crippen LogP contribution in [0.4, 0.5) is 41.1 Å². The van der Waals surface area contributed by atoms with Gasteiger partial charge >= 0.3 is 5.97 Å². The summed E-state index contributed by atoms with van der Waals surface area (Å²) >= 11 is 0. The van der Waals surface area contributed by atoms with Crippen LogP contribution in [0.5, 0.6) is 0 Å². The third kappa shape index (κ3) is 36.2. The van der Waals surface area contributed by atoms with Gasteiger partial charge in [-0.15, -0.1) is 4.48 Å². The predicted molar refractivity (Wildman–Crippen MR) is 54.8 cm³/mol. The molecule has 0 saturated carbocycles. The lowest BCUT2D eigenvalue weighted by atomic mass is 10.3. The molecular formula is C8H14F9NO4. The first-order chi connectivity index (χ1) is 10.6. The smallest absolute Gasteiger partial charge is 0.332 e. The van der Waals surface area contributed by atoms with E-state index in [1.54, 1.807) is 6.92 Å². The number of rotatable bonds is 6. The van der Waals surface area contributed by atoms with Gasteiger partial charge in [-0.1, -0.05) is 0 Å². The molecule has 0 aliphatic rings. The number of nitrogens with one attached hydrogen (secondary N) is 1. The van der Waals surface area contributed by atoms with Crippen LogP contribution >= 0.6 is 0 Å². The van der Waals surface area contributed by atoms with E-state index in [0.717, 1.165) is 5.54 Å². The monoisotopic (exact) mass is 359 g/mol. The number of esters is 1. The molecule has 0 aromatic carbocycles. The fourth-order valence-electron chi connectivity index (χ4n) is 0.785. The molecule has 22 heavy (non-hydrogen) atoms. The van der Waals surface area contributed by atoms with Crippen molar-refractivity contribution in [3.63, 3.8) is 0 Å².